The molecular formula is C13H17N. The quantitative estimate of drug-likeness (QED) is 0.706. The van der Waals surface area contributed by atoms with Gasteiger partial charge in [0.1, 0.15) is 0 Å². The average Bonchev–Trinajstić information content (AvgIpc) is 2.17. The van der Waals surface area contributed by atoms with Crippen molar-refractivity contribution < 1.29 is 0 Å². The average molecular weight is 187 g/mol. The van der Waals surface area contributed by atoms with Crippen molar-refractivity contribution in [3.8, 4) is 6.07 Å². The van der Waals surface area contributed by atoms with Gasteiger partial charge in [0.05, 0.1) is 11.6 Å². The first kappa shape index (κ1) is 10.8. The predicted octanol–water partition coefficient (Wildman–Crippen LogP) is 3.77. The molecular weight excluding hydrogens is 170 g/mol. The zero-order chi connectivity index (χ0) is 10.6. The molecule has 0 saturated carbocycles. The van der Waals surface area contributed by atoms with Gasteiger partial charge in [-0.3, -0.25) is 0 Å². The highest BCUT2D eigenvalue weighted by atomic mass is 14.2. The highest BCUT2D eigenvalue weighted by Gasteiger charge is 2.07. The number of benzene rings is 1. The lowest BCUT2D eigenvalue weighted by Crippen LogP contribution is -1.96. The molecule has 0 aliphatic carbocycles. The number of hydrogen-bond acceptors (Lipinski definition) is 1. The summed E-state index contributed by atoms with van der Waals surface area (Å²) in [5, 5.41) is 8.74. The Labute approximate surface area is 86.4 Å². The maximum absolute atomic E-state index is 8.74. The Balaban J connectivity index is 2.95. The molecule has 0 aliphatic rings. The molecule has 1 heteroatoms. The molecule has 1 aromatic carbocycles. The number of aryl methyl sites for hydroxylation is 1. The van der Waals surface area contributed by atoms with Gasteiger partial charge in [-0.2, -0.15) is 5.26 Å². The van der Waals surface area contributed by atoms with E-state index in [0.717, 1.165) is 5.56 Å². The minimum atomic E-state index is 0.604. The van der Waals surface area contributed by atoms with E-state index in [-0.39, 0.29) is 0 Å². The Hall–Kier alpha value is -1.29. The van der Waals surface area contributed by atoms with Crippen LogP contribution in [0.25, 0.3) is 0 Å². The van der Waals surface area contributed by atoms with Crippen molar-refractivity contribution in [2.24, 2.45) is 0 Å². The van der Waals surface area contributed by atoms with Gasteiger partial charge in [-0.05, 0) is 42.5 Å². The zero-order valence-corrected chi connectivity index (χ0v) is 9.17. The molecule has 1 rings (SSSR count). The Morgan fingerprint density at radius 2 is 2.14 bits per heavy atom. The van der Waals surface area contributed by atoms with E-state index in [1.165, 1.54) is 24.0 Å². The molecule has 0 bridgehead atoms. The van der Waals surface area contributed by atoms with Crippen LogP contribution in [0.2, 0.25) is 0 Å². The molecule has 74 valence electrons. The van der Waals surface area contributed by atoms with Crippen molar-refractivity contribution in [3.05, 3.63) is 34.9 Å². The second-order valence-corrected chi connectivity index (χ2v) is 3.87. The van der Waals surface area contributed by atoms with Crippen molar-refractivity contribution in [2.75, 3.05) is 0 Å². The number of nitrogens with zero attached hydrogens (tertiary/aromatic N) is 1. The third-order valence-electron chi connectivity index (χ3n) is 2.65. The molecule has 0 amide bonds. The molecule has 1 unspecified atom stereocenters. The minimum absolute atomic E-state index is 0.604. The summed E-state index contributed by atoms with van der Waals surface area (Å²) >= 11 is 0. The minimum Gasteiger partial charge on any atom is -0.192 e. The third kappa shape index (κ3) is 2.35. The summed E-state index contributed by atoms with van der Waals surface area (Å²) in [4.78, 5) is 0. The van der Waals surface area contributed by atoms with E-state index in [9.17, 15) is 0 Å². The predicted molar refractivity (Wildman–Crippen MR) is 59.2 cm³/mol. The number of rotatable bonds is 3. The molecule has 14 heavy (non-hydrogen) atoms. The lowest BCUT2D eigenvalue weighted by molar-refractivity contribution is 0.661. The van der Waals surface area contributed by atoms with Crippen molar-refractivity contribution in [2.45, 2.75) is 39.5 Å². The van der Waals surface area contributed by atoms with Gasteiger partial charge in [-0.25, -0.2) is 0 Å². The van der Waals surface area contributed by atoms with E-state index in [2.05, 4.69) is 32.9 Å². The molecule has 1 nitrogen and oxygen atoms in total. The maximum atomic E-state index is 8.74. The van der Waals surface area contributed by atoms with Crippen LogP contribution in [0.4, 0.5) is 0 Å². The normalized spacial score (nSPS) is 12.1. The standard InChI is InChI=1S/C13H17N/c1-4-5-10(2)13-7-6-12(9-14)8-11(13)3/h6-8,10H,4-5H2,1-3H3. The van der Waals surface area contributed by atoms with Gasteiger partial charge in [0.15, 0.2) is 0 Å². The number of hydrogen-bond donors (Lipinski definition) is 0. The van der Waals surface area contributed by atoms with Crippen LogP contribution < -0.4 is 0 Å². The van der Waals surface area contributed by atoms with Crippen LogP contribution in [0, 0.1) is 18.3 Å². The molecule has 0 heterocycles. The second kappa shape index (κ2) is 4.81. The van der Waals surface area contributed by atoms with E-state index < -0.39 is 0 Å². The molecule has 0 aromatic heterocycles. The monoisotopic (exact) mass is 187 g/mol. The van der Waals surface area contributed by atoms with Gasteiger partial charge < -0.3 is 0 Å². The topological polar surface area (TPSA) is 23.8 Å². The summed E-state index contributed by atoms with van der Waals surface area (Å²) in [5.74, 6) is 0.604. The lowest BCUT2D eigenvalue weighted by Gasteiger charge is -2.13. The fourth-order valence-electron chi connectivity index (χ4n) is 1.89. The van der Waals surface area contributed by atoms with Crippen LogP contribution in [0.15, 0.2) is 18.2 Å². The van der Waals surface area contributed by atoms with Gasteiger partial charge in [0, 0.05) is 0 Å². The summed E-state index contributed by atoms with van der Waals surface area (Å²) in [6.45, 7) is 6.54. The van der Waals surface area contributed by atoms with E-state index >= 15 is 0 Å². The largest absolute Gasteiger partial charge is 0.192 e. The van der Waals surface area contributed by atoms with Gasteiger partial charge in [0.2, 0.25) is 0 Å². The highest BCUT2D eigenvalue weighted by Crippen LogP contribution is 2.24. The molecule has 0 spiro atoms. The van der Waals surface area contributed by atoms with Gasteiger partial charge in [-0.1, -0.05) is 26.3 Å². The maximum Gasteiger partial charge on any atom is 0.0991 e. The Kier molecular flexibility index (Phi) is 3.71. The first-order valence-electron chi connectivity index (χ1n) is 5.19. The second-order valence-electron chi connectivity index (χ2n) is 3.87. The van der Waals surface area contributed by atoms with Crippen LogP contribution in [-0.2, 0) is 0 Å². The first-order chi connectivity index (χ1) is 6.69. The molecule has 0 saturated heterocycles. The van der Waals surface area contributed by atoms with Crippen molar-refractivity contribution >= 4 is 0 Å². The molecule has 0 N–H and O–H groups in total. The lowest BCUT2D eigenvalue weighted by atomic mass is 9.92. The Bertz CT molecular complexity index is 347. The van der Waals surface area contributed by atoms with E-state index in [1.807, 2.05) is 12.1 Å². The Morgan fingerprint density at radius 1 is 1.43 bits per heavy atom. The van der Waals surface area contributed by atoms with Gasteiger partial charge >= 0.3 is 0 Å². The van der Waals surface area contributed by atoms with Crippen LogP contribution in [0.3, 0.4) is 0 Å². The fourth-order valence-corrected chi connectivity index (χ4v) is 1.89. The van der Waals surface area contributed by atoms with Crippen molar-refractivity contribution in [1.29, 1.82) is 5.26 Å². The molecule has 1 aromatic rings. The summed E-state index contributed by atoms with van der Waals surface area (Å²) in [5.41, 5.74) is 3.38. The van der Waals surface area contributed by atoms with E-state index in [1.54, 1.807) is 0 Å². The smallest absolute Gasteiger partial charge is 0.0991 e. The Morgan fingerprint density at radius 3 is 2.64 bits per heavy atom. The molecule has 0 radical (unpaired) electrons. The van der Waals surface area contributed by atoms with Crippen LogP contribution >= 0.6 is 0 Å². The summed E-state index contributed by atoms with van der Waals surface area (Å²) in [6, 6.07) is 8.14. The van der Waals surface area contributed by atoms with Crippen LogP contribution in [-0.4, -0.2) is 0 Å². The number of nitriles is 1. The molecule has 1 atom stereocenters. The first-order valence-corrected chi connectivity index (χ1v) is 5.19. The zero-order valence-electron chi connectivity index (χ0n) is 9.17. The molecule has 0 aliphatic heterocycles. The molecule has 0 fully saturated rings. The van der Waals surface area contributed by atoms with E-state index in [0.29, 0.717) is 5.92 Å². The highest BCUT2D eigenvalue weighted by molar-refractivity contribution is 5.38. The van der Waals surface area contributed by atoms with E-state index in [4.69, 9.17) is 5.26 Å². The van der Waals surface area contributed by atoms with Crippen molar-refractivity contribution in [3.63, 3.8) is 0 Å². The summed E-state index contributed by atoms with van der Waals surface area (Å²) < 4.78 is 0. The van der Waals surface area contributed by atoms with Crippen LogP contribution in [0.5, 0.6) is 0 Å². The van der Waals surface area contributed by atoms with Crippen molar-refractivity contribution in [1.82, 2.24) is 0 Å². The third-order valence-corrected chi connectivity index (χ3v) is 2.65. The van der Waals surface area contributed by atoms with Gasteiger partial charge in [-0.15, -0.1) is 0 Å². The summed E-state index contributed by atoms with van der Waals surface area (Å²) in [7, 11) is 0. The van der Waals surface area contributed by atoms with Gasteiger partial charge in [0.25, 0.3) is 0 Å². The summed E-state index contributed by atoms with van der Waals surface area (Å²) in [6.07, 6.45) is 2.42. The SMILES string of the molecule is CCCC(C)c1ccc(C#N)cc1C. The van der Waals surface area contributed by atoms with Crippen LogP contribution in [0.1, 0.15) is 49.3 Å². The fraction of sp³-hybridized carbons (Fsp3) is 0.462.